The average Bonchev–Trinajstić information content (AvgIpc) is 3.26. The molecule has 0 saturated heterocycles. The highest BCUT2D eigenvalue weighted by Gasteiger charge is 2.18. The van der Waals surface area contributed by atoms with Gasteiger partial charge in [-0.05, 0) is 32.0 Å². The number of hydrogen-bond acceptors (Lipinski definition) is 6. The monoisotopic (exact) mass is 371 g/mol. The molecule has 0 bridgehead atoms. The van der Waals surface area contributed by atoms with Crippen LogP contribution in [-0.4, -0.2) is 31.2 Å². The quantitative estimate of drug-likeness (QED) is 0.593. The molecule has 0 unspecified atom stereocenters. The van der Waals surface area contributed by atoms with Crippen LogP contribution in [0.2, 0.25) is 0 Å². The van der Waals surface area contributed by atoms with Gasteiger partial charge < -0.3 is 9.72 Å². The van der Waals surface area contributed by atoms with Gasteiger partial charge in [0.1, 0.15) is 11.3 Å². The summed E-state index contributed by atoms with van der Waals surface area (Å²) in [6, 6.07) is 5.63. The van der Waals surface area contributed by atoms with E-state index in [-0.39, 0.29) is 11.2 Å². The van der Waals surface area contributed by atoms with E-state index < -0.39 is 0 Å². The molecule has 0 aliphatic rings. The number of rotatable bonds is 4. The molecule has 1 N–H and O–H groups in total. The minimum atomic E-state index is -0.362. The number of nitrogens with one attached hydrogen (secondary N) is 1. The van der Waals surface area contributed by atoms with Gasteiger partial charge >= 0.3 is 5.69 Å². The molecule has 0 saturated carbocycles. The van der Waals surface area contributed by atoms with Gasteiger partial charge in [0.25, 0.3) is 5.56 Å². The van der Waals surface area contributed by atoms with Gasteiger partial charge in [0.05, 0.1) is 17.3 Å². The number of ether oxygens (including phenoxy) is 1. The van der Waals surface area contributed by atoms with Crippen LogP contribution in [0.3, 0.4) is 0 Å². The molecule has 0 aliphatic heterocycles. The normalized spacial score (nSPS) is 11.5. The number of fused-ring (bicyclic) bond motifs is 2. The number of methoxy groups -OCH3 is 1. The van der Waals surface area contributed by atoms with Crippen LogP contribution in [0, 0.1) is 0 Å². The van der Waals surface area contributed by atoms with Crippen LogP contribution in [0.1, 0.15) is 13.8 Å². The molecule has 4 rings (SSSR count). The van der Waals surface area contributed by atoms with E-state index in [4.69, 9.17) is 4.74 Å². The smallest absolute Gasteiger partial charge is 0.332 e. The third-order valence-corrected chi connectivity index (χ3v) is 5.32. The Hall–Kier alpha value is -2.94. The molecule has 9 heteroatoms. The van der Waals surface area contributed by atoms with Crippen molar-refractivity contribution in [2.75, 3.05) is 7.11 Å². The zero-order valence-electron chi connectivity index (χ0n) is 14.6. The van der Waals surface area contributed by atoms with Crippen molar-refractivity contribution in [2.24, 2.45) is 0 Å². The summed E-state index contributed by atoms with van der Waals surface area (Å²) in [5.74, 6) is 1.23. The standard InChI is InChI=1S/C17H17N5O3S/c1-4-21-14-12(16(23)22(5-2)17(21)24)19-13(20-14)15-18-10-7-6-9(25-3)8-11(10)26-15/h6-8H,4-5H2,1-3H3,(H,19,20). The number of aromatic amines is 1. The first-order chi connectivity index (χ1) is 12.6. The molecular weight excluding hydrogens is 354 g/mol. The number of thiazole rings is 1. The average molecular weight is 371 g/mol. The lowest BCUT2D eigenvalue weighted by atomic mass is 10.3. The lowest BCUT2D eigenvalue weighted by Crippen LogP contribution is -2.39. The first kappa shape index (κ1) is 16.5. The summed E-state index contributed by atoms with van der Waals surface area (Å²) in [6.45, 7) is 4.36. The summed E-state index contributed by atoms with van der Waals surface area (Å²) in [6.07, 6.45) is 0. The van der Waals surface area contributed by atoms with Gasteiger partial charge in [-0.3, -0.25) is 13.9 Å². The van der Waals surface area contributed by atoms with Gasteiger partial charge in [0, 0.05) is 13.1 Å². The summed E-state index contributed by atoms with van der Waals surface area (Å²) in [7, 11) is 1.62. The lowest BCUT2D eigenvalue weighted by Gasteiger charge is -2.06. The highest BCUT2D eigenvalue weighted by Crippen LogP contribution is 2.31. The Kier molecular flexibility index (Phi) is 3.87. The second-order valence-electron chi connectivity index (χ2n) is 5.71. The minimum Gasteiger partial charge on any atom is -0.497 e. The van der Waals surface area contributed by atoms with Gasteiger partial charge in [0.2, 0.25) is 0 Å². The predicted molar refractivity (Wildman–Crippen MR) is 101 cm³/mol. The molecular formula is C17H17N5O3S. The van der Waals surface area contributed by atoms with Crippen molar-refractivity contribution in [1.82, 2.24) is 24.1 Å². The van der Waals surface area contributed by atoms with Crippen LogP contribution >= 0.6 is 11.3 Å². The lowest BCUT2D eigenvalue weighted by molar-refractivity contribution is 0.415. The van der Waals surface area contributed by atoms with Crippen LogP contribution in [0.25, 0.3) is 32.2 Å². The molecule has 3 aromatic heterocycles. The molecule has 3 heterocycles. The van der Waals surface area contributed by atoms with E-state index in [1.807, 2.05) is 25.1 Å². The Morgan fingerprint density at radius 1 is 1.15 bits per heavy atom. The fourth-order valence-electron chi connectivity index (χ4n) is 2.96. The summed E-state index contributed by atoms with van der Waals surface area (Å²) in [5.41, 5.74) is 0.794. The van der Waals surface area contributed by atoms with Crippen molar-refractivity contribution >= 4 is 32.7 Å². The van der Waals surface area contributed by atoms with Crippen molar-refractivity contribution in [3.8, 4) is 16.6 Å². The topological polar surface area (TPSA) is 94.8 Å². The number of aryl methyl sites for hydroxylation is 1. The summed E-state index contributed by atoms with van der Waals surface area (Å²) < 4.78 is 8.90. The highest BCUT2D eigenvalue weighted by atomic mass is 32.1. The maximum Gasteiger partial charge on any atom is 0.332 e. The number of aromatic nitrogens is 5. The molecule has 1 aromatic carbocycles. The molecule has 0 amide bonds. The molecule has 0 spiro atoms. The van der Waals surface area contributed by atoms with Gasteiger partial charge in [-0.15, -0.1) is 11.3 Å². The minimum absolute atomic E-state index is 0.308. The largest absolute Gasteiger partial charge is 0.497 e. The van der Waals surface area contributed by atoms with E-state index in [0.717, 1.165) is 16.0 Å². The van der Waals surface area contributed by atoms with Crippen molar-refractivity contribution in [3.63, 3.8) is 0 Å². The maximum absolute atomic E-state index is 12.6. The Labute approximate surface area is 151 Å². The fraction of sp³-hybridized carbons (Fsp3) is 0.294. The van der Waals surface area contributed by atoms with E-state index >= 15 is 0 Å². The van der Waals surface area contributed by atoms with Crippen molar-refractivity contribution in [1.29, 1.82) is 0 Å². The van der Waals surface area contributed by atoms with Gasteiger partial charge in [-0.1, -0.05) is 0 Å². The number of hydrogen-bond donors (Lipinski definition) is 1. The third-order valence-electron chi connectivity index (χ3n) is 4.29. The fourth-order valence-corrected chi connectivity index (χ4v) is 3.90. The molecule has 0 fully saturated rings. The van der Waals surface area contributed by atoms with E-state index in [2.05, 4.69) is 15.0 Å². The summed E-state index contributed by atoms with van der Waals surface area (Å²) in [4.78, 5) is 37.2. The number of benzene rings is 1. The van der Waals surface area contributed by atoms with E-state index in [0.29, 0.717) is 35.1 Å². The Morgan fingerprint density at radius 2 is 1.92 bits per heavy atom. The molecule has 0 atom stereocenters. The van der Waals surface area contributed by atoms with E-state index in [9.17, 15) is 9.59 Å². The van der Waals surface area contributed by atoms with Crippen molar-refractivity contribution in [3.05, 3.63) is 39.0 Å². The molecule has 134 valence electrons. The molecule has 0 aliphatic carbocycles. The molecule has 4 aromatic rings. The van der Waals surface area contributed by atoms with Crippen LogP contribution in [0.5, 0.6) is 5.75 Å². The summed E-state index contributed by atoms with van der Waals surface area (Å²) >= 11 is 1.45. The van der Waals surface area contributed by atoms with Gasteiger partial charge in [-0.2, -0.15) is 0 Å². The van der Waals surface area contributed by atoms with Crippen molar-refractivity contribution < 1.29 is 4.74 Å². The Bertz CT molecular complexity index is 1250. The maximum atomic E-state index is 12.6. The second-order valence-corrected chi connectivity index (χ2v) is 6.74. The second kappa shape index (κ2) is 6.10. The first-order valence-corrected chi connectivity index (χ1v) is 9.07. The Balaban J connectivity index is 1.97. The van der Waals surface area contributed by atoms with Crippen LogP contribution in [0.15, 0.2) is 27.8 Å². The predicted octanol–water partition coefficient (Wildman–Crippen LogP) is 2.21. The van der Waals surface area contributed by atoms with Crippen LogP contribution < -0.4 is 16.0 Å². The number of nitrogens with zero attached hydrogens (tertiary/aromatic N) is 4. The van der Waals surface area contributed by atoms with E-state index in [1.165, 1.54) is 20.5 Å². The molecule has 0 radical (unpaired) electrons. The Morgan fingerprint density at radius 3 is 2.62 bits per heavy atom. The zero-order valence-corrected chi connectivity index (χ0v) is 15.4. The first-order valence-electron chi connectivity index (χ1n) is 8.25. The van der Waals surface area contributed by atoms with E-state index in [1.54, 1.807) is 14.0 Å². The molecule has 8 nitrogen and oxygen atoms in total. The highest BCUT2D eigenvalue weighted by molar-refractivity contribution is 7.21. The van der Waals surface area contributed by atoms with Gasteiger partial charge in [0.15, 0.2) is 16.5 Å². The molecule has 26 heavy (non-hydrogen) atoms. The third kappa shape index (κ3) is 2.35. The summed E-state index contributed by atoms with van der Waals surface area (Å²) in [5, 5.41) is 0.655. The SMILES string of the molecule is CCn1c(=O)c2[nH]c(-c3nc4ccc(OC)cc4s3)nc2n(CC)c1=O. The van der Waals surface area contributed by atoms with Crippen LogP contribution in [-0.2, 0) is 13.1 Å². The number of imidazole rings is 1. The van der Waals surface area contributed by atoms with Crippen molar-refractivity contribution in [2.45, 2.75) is 26.9 Å². The number of H-pyrrole nitrogens is 1. The van der Waals surface area contributed by atoms with Crippen LogP contribution in [0.4, 0.5) is 0 Å². The van der Waals surface area contributed by atoms with Gasteiger partial charge in [-0.25, -0.2) is 14.8 Å². The zero-order chi connectivity index (χ0) is 18.4.